The number of carbonyl (C=O) groups excluding carboxylic acids is 1. The molecule has 0 heterocycles. The molecule has 0 radical (unpaired) electrons. The molecule has 1 aliphatic carbocycles. The highest BCUT2D eigenvalue weighted by Crippen LogP contribution is 2.41. The molecule has 1 aromatic rings. The first-order chi connectivity index (χ1) is 9.58. The van der Waals surface area contributed by atoms with Crippen molar-refractivity contribution in [3.63, 3.8) is 0 Å². The Morgan fingerprint density at radius 2 is 1.95 bits per heavy atom. The van der Waals surface area contributed by atoms with Gasteiger partial charge in [0.25, 0.3) is 0 Å². The van der Waals surface area contributed by atoms with Crippen LogP contribution in [-0.2, 0) is 10.2 Å². The molecule has 1 amide bonds. The van der Waals surface area contributed by atoms with Gasteiger partial charge in [0.05, 0.1) is 5.41 Å². The lowest BCUT2D eigenvalue weighted by Crippen LogP contribution is -2.44. The monoisotopic (exact) mass is 339 g/mol. The van der Waals surface area contributed by atoms with Gasteiger partial charge >= 0.3 is 0 Å². The van der Waals surface area contributed by atoms with Crippen LogP contribution in [0.25, 0.3) is 0 Å². The third kappa shape index (κ3) is 3.23. The van der Waals surface area contributed by atoms with E-state index in [2.05, 4.69) is 21.2 Å². The maximum atomic E-state index is 12.7. The van der Waals surface area contributed by atoms with Crippen molar-refractivity contribution in [1.82, 2.24) is 5.32 Å². The second kappa shape index (κ2) is 6.72. The third-order valence-corrected chi connectivity index (χ3v) is 4.74. The van der Waals surface area contributed by atoms with Crippen LogP contribution in [0.1, 0.15) is 38.2 Å². The van der Waals surface area contributed by atoms with Gasteiger partial charge in [0, 0.05) is 17.6 Å². The van der Waals surface area contributed by atoms with Gasteiger partial charge in [-0.25, -0.2) is 0 Å². The highest BCUT2D eigenvalue weighted by atomic mass is 79.9. The number of halogens is 1. The van der Waals surface area contributed by atoms with E-state index >= 15 is 0 Å². The van der Waals surface area contributed by atoms with Crippen molar-refractivity contribution in [1.29, 1.82) is 0 Å². The summed E-state index contributed by atoms with van der Waals surface area (Å²) < 4.78 is 1.03. The fourth-order valence-corrected chi connectivity index (χ4v) is 3.16. The molecule has 2 N–H and O–H groups in total. The zero-order valence-electron chi connectivity index (χ0n) is 11.9. The third-order valence-electron chi connectivity index (χ3n) is 4.21. The largest absolute Gasteiger partial charge is 0.396 e. The van der Waals surface area contributed by atoms with E-state index < -0.39 is 0 Å². The Hall–Kier alpha value is -0.870. The Kier molecular flexibility index (Phi) is 5.22. The summed E-state index contributed by atoms with van der Waals surface area (Å²) in [7, 11) is 0. The number of aliphatic hydroxyl groups excluding tert-OH is 1. The van der Waals surface area contributed by atoms with Gasteiger partial charge in [0.1, 0.15) is 0 Å². The standard InChI is InChI=1S/C16H22BrNO2/c1-12(11-19)10-18-15(20)16(8-2-3-9-16)13-4-6-14(17)7-5-13/h4-7,12,19H,2-3,8-11H2,1H3,(H,18,20). The fraction of sp³-hybridized carbons (Fsp3) is 0.562. The van der Waals surface area contributed by atoms with Crippen molar-refractivity contribution < 1.29 is 9.90 Å². The number of carbonyl (C=O) groups is 1. The van der Waals surface area contributed by atoms with E-state index in [-0.39, 0.29) is 23.8 Å². The average Bonchev–Trinajstić information content (AvgIpc) is 2.95. The van der Waals surface area contributed by atoms with Crippen molar-refractivity contribution in [3.8, 4) is 0 Å². The van der Waals surface area contributed by atoms with E-state index in [1.165, 1.54) is 0 Å². The van der Waals surface area contributed by atoms with Crippen LogP contribution >= 0.6 is 15.9 Å². The number of hydrogen-bond donors (Lipinski definition) is 2. The predicted molar refractivity (Wildman–Crippen MR) is 83.5 cm³/mol. The summed E-state index contributed by atoms with van der Waals surface area (Å²) in [5.41, 5.74) is 0.725. The van der Waals surface area contributed by atoms with Gasteiger partial charge in [-0.2, -0.15) is 0 Å². The highest BCUT2D eigenvalue weighted by Gasteiger charge is 2.42. The second-order valence-corrected chi connectivity index (χ2v) is 6.71. The van der Waals surface area contributed by atoms with Crippen LogP contribution in [0.4, 0.5) is 0 Å². The second-order valence-electron chi connectivity index (χ2n) is 5.79. The maximum absolute atomic E-state index is 12.7. The Balaban J connectivity index is 2.17. The van der Waals surface area contributed by atoms with Gasteiger partial charge in [-0.3, -0.25) is 4.79 Å². The SMILES string of the molecule is CC(CO)CNC(=O)C1(c2ccc(Br)cc2)CCCC1. The van der Waals surface area contributed by atoms with Crippen LogP contribution < -0.4 is 5.32 Å². The number of benzene rings is 1. The lowest BCUT2D eigenvalue weighted by molar-refractivity contribution is -0.126. The molecular formula is C16H22BrNO2. The molecular weight excluding hydrogens is 318 g/mol. The van der Waals surface area contributed by atoms with Gasteiger partial charge in [0.15, 0.2) is 0 Å². The van der Waals surface area contributed by atoms with Crippen molar-refractivity contribution in [2.24, 2.45) is 5.92 Å². The van der Waals surface area contributed by atoms with E-state index in [1.807, 2.05) is 31.2 Å². The van der Waals surface area contributed by atoms with Crippen LogP contribution in [-0.4, -0.2) is 24.2 Å². The number of rotatable bonds is 5. The number of nitrogens with one attached hydrogen (secondary N) is 1. The normalized spacial score (nSPS) is 18.8. The topological polar surface area (TPSA) is 49.3 Å². The Bertz CT molecular complexity index is 452. The van der Waals surface area contributed by atoms with Crippen molar-refractivity contribution in [2.75, 3.05) is 13.2 Å². The molecule has 0 bridgehead atoms. The molecule has 1 saturated carbocycles. The molecule has 1 fully saturated rings. The van der Waals surface area contributed by atoms with Crippen LogP contribution in [0.2, 0.25) is 0 Å². The predicted octanol–water partition coefficient (Wildman–Crippen LogP) is 3.01. The molecule has 1 aromatic carbocycles. The van der Waals surface area contributed by atoms with Gasteiger partial charge in [-0.15, -0.1) is 0 Å². The van der Waals surface area contributed by atoms with E-state index in [0.29, 0.717) is 6.54 Å². The van der Waals surface area contributed by atoms with Gasteiger partial charge < -0.3 is 10.4 Å². The van der Waals surface area contributed by atoms with Gasteiger partial charge in [-0.1, -0.05) is 47.8 Å². The number of amides is 1. The average molecular weight is 340 g/mol. The lowest BCUT2D eigenvalue weighted by Gasteiger charge is -2.29. The van der Waals surface area contributed by atoms with Gasteiger partial charge in [0.2, 0.25) is 5.91 Å². The summed E-state index contributed by atoms with van der Waals surface area (Å²) in [4.78, 5) is 12.7. The summed E-state index contributed by atoms with van der Waals surface area (Å²) in [6, 6.07) is 8.09. The van der Waals surface area contributed by atoms with Crippen LogP contribution in [0.15, 0.2) is 28.7 Å². The van der Waals surface area contributed by atoms with Crippen molar-refractivity contribution in [2.45, 2.75) is 38.0 Å². The molecule has 0 aliphatic heterocycles. The van der Waals surface area contributed by atoms with Crippen LogP contribution in [0.3, 0.4) is 0 Å². The maximum Gasteiger partial charge on any atom is 0.230 e. The first-order valence-corrected chi connectivity index (χ1v) is 8.03. The molecule has 0 saturated heterocycles. The fourth-order valence-electron chi connectivity index (χ4n) is 2.89. The van der Waals surface area contributed by atoms with Crippen molar-refractivity contribution in [3.05, 3.63) is 34.3 Å². The number of aliphatic hydroxyl groups is 1. The van der Waals surface area contributed by atoms with E-state index in [0.717, 1.165) is 35.7 Å². The minimum atomic E-state index is -0.379. The quantitative estimate of drug-likeness (QED) is 0.866. The molecule has 1 atom stereocenters. The number of hydrogen-bond acceptors (Lipinski definition) is 2. The zero-order chi connectivity index (χ0) is 14.6. The first-order valence-electron chi connectivity index (χ1n) is 7.24. The molecule has 0 spiro atoms. The Morgan fingerprint density at radius 3 is 2.50 bits per heavy atom. The molecule has 2 rings (SSSR count). The van der Waals surface area contributed by atoms with Gasteiger partial charge in [-0.05, 0) is 36.5 Å². The molecule has 3 nitrogen and oxygen atoms in total. The summed E-state index contributed by atoms with van der Waals surface area (Å²) in [5.74, 6) is 0.208. The van der Waals surface area contributed by atoms with E-state index in [9.17, 15) is 4.79 Å². The first kappa shape index (κ1) is 15.5. The van der Waals surface area contributed by atoms with Crippen LogP contribution in [0.5, 0.6) is 0 Å². The summed E-state index contributed by atoms with van der Waals surface area (Å²) in [6.45, 7) is 2.57. The minimum absolute atomic E-state index is 0.0994. The minimum Gasteiger partial charge on any atom is -0.396 e. The summed E-state index contributed by atoms with van der Waals surface area (Å²) in [5, 5.41) is 12.1. The Morgan fingerprint density at radius 1 is 1.35 bits per heavy atom. The molecule has 0 aromatic heterocycles. The molecule has 1 unspecified atom stereocenters. The molecule has 20 heavy (non-hydrogen) atoms. The smallest absolute Gasteiger partial charge is 0.230 e. The summed E-state index contributed by atoms with van der Waals surface area (Å²) in [6.07, 6.45) is 4.01. The summed E-state index contributed by atoms with van der Waals surface area (Å²) >= 11 is 3.44. The molecule has 4 heteroatoms. The highest BCUT2D eigenvalue weighted by molar-refractivity contribution is 9.10. The van der Waals surface area contributed by atoms with Crippen LogP contribution in [0, 0.1) is 5.92 Å². The van der Waals surface area contributed by atoms with Crippen molar-refractivity contribution >= 4 is 21.8 Å². The molecule has 1 aliphatic rings. The van der Waals surface area contributed by atoms with E-state index in [4.69, 9.17) is 5.11 Å². The Labute approximate surface area is 128 Å². The lowest BCUT2D eigenvalue weighted by atomic mass is 9.78. The van der Waals surface area contributed by atoms with E-state index in [1.54, 1.807) is 0 Å². The molecule has 110 valence electrons. The zero-order valence-corrected chi connectivity index (χ0v) is 13.4.